The number of nitrogens with zero attached hydrogens (tertiary/aromatic N) is 4. The predicted octanol–water partition coefficient (Wildman–Crippen LogP) is 4.87. The number of rotatable bonds is 4. The van der Waals surface area contributed by atoms with Gasteiger partial charge in [-0.2, -0.15) is 13.2 Å². The van der Waals surface area contributed by atoms with E-state index in [0.29, 0.717) is 17.2 Å². The molecule has 4 rings (SSSR count). The Labute approximate surface area is 187 Å². The molecule has 2 amide bonds. The number of carbonyl (C=O) groups is 1. The number of nitrogens with one attached hydrogen (secondary N) is 2. The first-order valence-electron chi connectivity index (χ1n) is 9.28. The van der Waals surface area contributed by atoms with Gasteiger partial charge in [-0.15, -0.1) is 12.4 Å². The summed E-state index contributed by atoms with van der Waals surface area (Å²) >= 11 is 0. The van der Waals surface area contributed by atoms with Crippen LogP contribution in [0.2, 0.25) is 0 Å². The van der Waals surface area contributed by atoms with Gasteiger partial charge in [-0.05, 0) is 37.3 Å². The number of alkyl halides is 3. The summed E-state index contributed by atoms with van der Waals surface area (Å²) in [6, 6.07) is 11.4. The van der Waals surface area contributed by atoms with E-state index in [1.807, 2.05) is 41.8 Å². The Balaban J connectivity index is 0.00000289. The molecule has 0 atom stereocenters. The molecule has 1 aromatic carbocycles. The van der Waals surface area contributed by atoms with Crippen LogP contribution in [-0.4, -0.2) is 38.1 Å². The van der Waals surface area contributed by atoms with Crippen LogP contribution in [0, 0.1) is 6.92 Å². The maximum atomic E-state index is 12.2. The van der Waals surface area contributed by atoms with Gasteiger partial charge in [-0.3, -0.25) is 4.40 Å². The quantitative estimate of drug-likeness (QED) is 0.453. The second-order valence-electron chi connectivity index (χ2n) is 6.81. The average Bonchev–Trinajstić information content (AvgIpc) is 3.15. The van der Waals surface area contributed by atoms with Crippen molar-refractivity contribution in [1.82, 2.24) is 24.7 Å². The van der Waals surface area contributed by atoms with Gasteiger partial charge in [0.05, 0.1) is 11.9 Å². The molecule has 2 N–H and O–H groups in total. The number of amides is 2. The van der Waals surface area contributed by atoms with Crippen LogP contribution >= 0.6 is 12.4 Å². The highest BCUT2D eigenvalue weighted by Gasteiger charge is 2.27. The summed E-state index contributed by atoms with van der Waals surface area (Å²) < 4.78 is 38.6. The second kappa shape index (κ2) is 9.23. The number of urea groups is 1. The van der Waals surface area contributed by atoms with Crippen LogP contribution in [-0.2, 0) is 0 Å². The lowest BCUT2D eigenvalue weighted by atomic mass is 10.1. The molecule has 0 spiro atoms. The van der Waals surface area contributed by atoms with E-state index in [9.17, 15) is 18.0 Å². The highest BCUT2D eigenvalue weighted by Crippen LogP contribution is 2.26. The zero-order valence-corrected chi connectivity index (χ0v) is 17.5. The van der Waals surface area contributed by atoms with Gasteiger partial charge in [0, 0.05) is 34.9 Å². The number of imidazole rings is 1. The number of hydrogen-bond donors (Lipinski definition) is 2. The number of anilines is 1. The van der Waals surface area contributed by atoms with Gasteiger partial charge in [0.25, 0.3) is 0 Å². The van der Waals surface area contributed by atoms with Gasteiger partial charge in [0.1, 0.15) is 12.2 Å². The van der Waals surface area contributed by atoms with Crippen molar-refractivity contribution in [3.63, 3.8) is 0 Å². The Morgan fingerprint density at radius 3 is 2.66 bits per heavy atom. The van der Waals surface area contributed by atoms with Crippen molar-refractivity contribution in [3.8, 4) is 22.6 Å². The molecule has 0 saturated heterocycles. The minimum absolute atomic E-state index is 0. The van der Waals surface area contributed by atoms with Crippen LogP contribution in [0.3, 0.4) is 0 Å². The van der Waals surface area contributed by atoms with Gasteiger partial charge in [-0.25, -0.2) is 19.7 Å². The summed E-state index contributed by atoms with van der Waals surface area (Å²) in [6.07, 6.45) is 0.744. The fraction of sp³-hybridized carbons (Fsp3) is 0.143. The molecule has 0 aliphatic carbocycles. The van der Waals surface area contributed by atoms with Crippen molar-refractivity contribution in [3.05, 3.63) is 66.7 Å². The number of fused-ring (bicyclic) bond motifs is 1. The predicted molar refractivity (Wildman–Crippen MR) is 117 cm³/mol. The van der Waals surface area contributed by atoms with Gasteiger partial charge >= 0.3 is 12.2 Å². The van der Waals surface area contributed by atoms with E-state index in [-0.39, 0.29) is 12.4 Å². The lowest BCUT2D eigenvalue weighted by molar-refractivity contribution is -0.122. The number of aryl methyl sites for hydroxylation is 1. The Hall–Kier alpha value is -3.66. The minimum Gasteiger partial charge on any atom is -0.329 e. The Morgan fingerprint density at radius 2 is 1.91 bits per heavy atom. The molecule has 32 heavy (non-hydrogen) atoms. The van der Waals surface area contributed by atoms with Crippen molar-refractivity contribution in [2.45, 2.75) is 13.1 Å². The van der Waals surface area contributed by atoms with Crippen molar-refractivity contribution in [1.29, 1.82) is 0 Å². The second-order valence-corrected chi connectivity index (χ2v) is 6.81. The number of benzene rings is 1. The SMILES string of the molecule is Cc1ccnc(-c2ccn3c(-c4cccc(NC(=O)NCC(F)(F)F)c4)cnc3c2)n1.Cl. The average molecular weight is 463 g/mol. The standard InChI is InChI=1S/C21H17F3N6O.ClH/c1-13-5-7-25-19(28-13)15-6-8-30-17(11-26-18(30)10-15)14-3-2-4-16(9-14)29-20(31)27-12-21(22,23)24;/h2-11H,12H2,1H3,(H2,27,29,31);1H. The number of pyridine rings is 1. The van der Waals surface area contributed by atoms with E-state index in [2.05, 4.69) is 20.3 Å². The van der Waals surface area contributed by atoms with Crippen LogP contribution in [0.5, 0.6) is 0 Å². The molecule has 166 valence electrons. The zero-order valence-electron chi connectivity index (χ0n) is 16.7. The number of aromatic nitrogens is 4. The highest BCUT2D eigenvalue weighted by atomic mass is 35.5. The van der Waals surface area contributed by atoms with Gasteiger partial charge in [-0.1, -0.05) is 12.1 Å². The van der Waals surface area contributed by atoms with E-state index in [1.54, 1.807) is 35.9 Å². The smallest absolute Gasteiger partial charge is 0.329 e. The molecular weight excluding hydrogens is 445 g/mol. The van der Waals surface area contributed by atoms with Crippen molar-refractivity contribution < 1.29 is 18.0 Å². The van der Waals surface area contributed by atoms with Gasteiger partial charge < -0.3 is 10.6 Å². The van der Waals surface area contributed by atoms with E-state index in [0.717, 1.165) is 22.5 Å². The third-order valence-electron chi connectivity index (χ3n) is 4.43. The molecule has 3 aromatic heterocycles. The maximum absolute atomic E-state index is 12.2. The lowest BCUT2D eigenvalue weighted by Gasteiger charge is -2.11. The molecule has 11 heteroatoms. The lowest BCUT2D eigenvalue weighted by Crippen LogP contribution is -2.36. The first-order chi connectivity index (χ1) is 14.8. The first kappa shape index (κ1) is 23.0. The first-order valence-corrected chi connectivity index (χ1v) is 9.28. The summed E-state index contributed by atoms with van der Waals surface area (Å²) in [7, 11) is 0. The van der Waals surface area contributed by atoms with E-state index in [1.165, 1.54) is 0 Å². The number of halogens is 4. The molecule has 0 aliphatic heterocycles. The Bertz CT molecular complexity index is 1260. The number of hydrogen-bond acceptors (Lipinski definition) is 4. The summed E-state index contributed by atoms with van der Waals surface area (Å²) in [6.45, 7) is 0.487. The molecule has 0 saturated carbocycles. The third-order valence-corrected chi connectivity index (χ3v) is 4.43. The van der Waals surface area contributed by atoms with E-state index < -0.39 is 18.8 Å². The molecule has 3 heterocycles. The van der Waals surface area contributed by atoms with E-state index >= 15 is 0 Å². The molecule has 0 fully saturated rings. The van der Waals surface area contributed by atoms with Gasteiger partial charge in [0.15, 0.2) is 5.82 Å². The Kier molecular flexibility index (Phi) is 6.64. The highest BCUT2D eigenvalue weighted by molar-refractivity contribution is 5.90. The summed E-state index contributed by atoms with van der Waals surface area (Å²) in [5.41, 5.74) is 4.21. The summed E-state index contributed by atoms with van der Waals surface area (Å²) in [5.74, 6) is 0.600. The maximum Gasteiger partial charge on any atom is 0.405 e. The zero-order chi connectivity index (χ0) is 22.0. The molecule has 0 bridgehead atoms. The topological polar surface area (TPSA) is 84.2 Å². The molecule has 7 nitrogen and oxygen atoms in total. The fourth-order valence-electron chi connectivity index (χ4n) is 3.03. The molecule has 0 aliphatic rings. The van der Waals surface area contributed by atoms with Crippen molar-refractivity contribution >= 4 is 29.8 Å². The van der Waals surface area contributed by atoms with Crippen LogP contribution in [0.1, 0.15) is 5.69 Å². The number of carbonyl (C=O) groups excluding carboxylic acids is 1. The largest absolute Gasteiger partial charge is 0.405 e. The van der Waals surface area contributed by atoms with E-state index in [4.69, 9.17) is 0 Å². The molecule has 0 unspecified atom stereocenters. The van der Waals surface area contributed by atoms with Crippen LogP contribution < -0.4 is 10.6 Å². The van der Waals surface area contributed by atoms with Gasteiger partial charge in [0.2, 0.25) is 0 Å². The fourth-order valence-corrected chi connectivity index (χ4v) is 3.03. The molecule has 0 radical (unpaired) electrons. The molecular formula is C21H18ClF3N6O. The van der Waals surface area contributed by atoms with Crippen LogP contribution in [0.25, 0.3) is 28.3 Å². The molecule has 4 aromatic rings. The monoisotopic (exact) mass is 462 g/mol. The Morgan fingerprint density at radius 1 is 1.09 bits per heavy atom. The summed E-state index contributed by atoms with van der Waals surface area (Å²) in [5, 5.41) is 4.18. The van der Waals surface area contributed by atoms with Crippen molar-refractivity contribution in [2.75, 3.05) is 11.9 Å². The van der Waals surface area contributed by atoms with Crippen LogP contribution in [0.15, 0.2) is 61.1 Å². The normalized spacial score (nSPS) is 11.1. The minimum atomic E-state index is -4.47. The summed E-state index contributed by atoms with van der Waals surface area (Å²) in [4.78, 5) is 24.9. The van der Waals surface area contributed by atoms with Crippen LogP contribution in [0.4, 0.5) is 23.7 Å². The van der Waals surface area contributed by atoms with Crippen molar-refractivity contribution in [2.24, 2.45) is 0 Å². The third kappa shape index (κ3) is 5.33.